The van der Waals surface area contributed by atoms with Gasteiger partial charge in [-0.05, 0) is 12.3 Å². The summed E-state index contributed by atoms with van der Waals surface area (Å²) in [6.45, 7) is 3.81. The van der Waals surface area contributed by atoms with E-state index >= 15 is 0 Å². The van der Waals surface area contributed by atoms with Crippen LogP contribution in [0.3, 0.4) is 0 Å². The fourth-order valence-corrected chi connectivity index (χ4v) is 1.46. The van der Waals surface area contributed by atoms with Gasteiger partial charge in [-0.1, -0.05) is 46.0 Å². The van der Waals surface area contributed by atoms with Gasteiger partial charge in [0.25, 0.3) is 0 Å². The Kier molecular flexibility index (Phi) is 7.44. The van der Waals surface area contributed by atoms with Gasteiger partial charge in [0.15, 0.2) is 6.17 Å². The van der Waals surface area contributed by atoms with Crippen LogP contribution in [0.4, 0.5) is 4.39 Å². The van der Waals surface area contributed by atoms with Gasteiger partial charge in [0, 0.05) is 0 Å². The van der Waals surface area contributed by atoms with Crippen LogP contribution in [0.2, 0.25) is 0 Å². The molecular formula is C11H21FO2. The number of carboxylic acids is 1. The molecule has 14 heavy (non-hydrogen) atoms. The number of hydrogen-bond acceptors (Lipinski definition) is 1. The van der Waals surface area contributed by atoms with Crippen molar-refractivity contribution in [3.05, 3.63) is 0 Å². The maximum Gasteiger partial charge on any atom is 0.338 e. The van der Waals surface area contributed by atoms with E-state index in [4.69, 9.17) is 5.11 Å². The maximum absolute atomic E-state index is 12.9. The van der Waals surface area contributed by atoms with Gasteiger partial charge in [-0.15, -0.1) is 0 Å². The lowest BCUT2D eigenvalue weighted by atomic mass is 9.98. The monoisotopic (exact) mass is 204 g/mol. The predicted octanol–water partition coefficient (Wildman–Crippen LogP) is 3.41. The molecule has 0 saturated carbocycles. The minimum absolute atomic E-state index is 0.353. The van der Waals surface area contributed by atoms with E-state index in [9.17, 15) is 9.18 Å². The van der Waals surface area contributed by atoms with Gasteiger partial charge in [0.1, 0.15) is 0 Å². The number of rotatable bonds is 8. The molecule has 0 bridgehead atoms. The average molecular weight is 204 g/mol. The van der Waals surface area contributed by atoms with E-state index in [1.54, 1.807) is 6.92 Å². The van der Waals surface area contributed by atoms with Gasteiger partial charge in [-0.3, -0.25) is 0 Å². The molecule has 0 aliphatic rings. The highest BCUT2D eigenvalue weighted by Crippen LogP contribution is 2.16. The van der Waals surface area contributed by atoms with Crippen LogP contribution >= 0.6 is 0 Å². The SMILES string of the molecule is CCCCCCCC(C)C(F)C(=O)O. The Morgan fingerprint density at radius 2 is 1.86 bits per heavy atom. The minimum Gasteiger partial charge on any atom is -0.479 e. The summed E-state index contributed by atoms with van der Waals surface area (Å²) >= 11 is 0. The van der Waals surface area contributed by atoms with Crippen LogP contribution in [0.1, 0.15) is 52.4 Å². The summed E-state index contributed by atoms with van der Waals surface area (Å²) in [4.78, 5) is 10.3. The summed E-state index contributed by atoms with van der Waals surface area (Å²) < 4.78 is 12.9. The van der Waals surface area contributed by atoms with Gasteiger partial charge in [-0.25, -0.2) is 9.18 Å². The van der Waals surface area contributed by atoms with Crippen molar-refractivity contribution in [1.82, 2.24) is 0 Å². The van der Waals surface area contributed by atoms with Crippen molar-refractivity contribution in [2.75, 3.05) is 0 Å². The third-order valence-electron chi connectivity index (χ3n) is 2.50. The maximum atomic E-state index is 12.9. The first-order chi connectivity index (χ1) is 6.59. The molecule has 0 radical (unpaired) electrons. The molecule has 0 aliphatic heterocycles. The second-order valence-electron chi connectivity index (χ2n) is 3.92. The van der Waals surface area contributed by atoms with Crippen LogP contribution in [0, 0.1) is 5.92 Å². The van der Waals surface area contributed by atoms with E-state index in [-0.39, 0.29) is 5.92 Å². The molecule has 2 unspecified atom stereocenters. The van der Waals surface area contributed by atoms with Crippen LogP contribution in [0.15, 0.2) is 0 Å². The van der Waals surface area contributed by atoms with Gasteiger partial charge in [-0.2, -0.15) is 0 Å². The fraction of sp³-hybridized carbons (Fsp3) is 0.909. The molecule has 2 nitrogen and oxygen atoms in total. The zero-order valence-corrected chi connectivity index (χ0v) is 9.13. The molecule has 3 heteroatoms. The molecule has 0 heterocycles. The van der Waals surface area contributed by atoms with Crippen molar-refractivity contribution >= 4 is 5.97 Å². The lowest BCUT2D eigenvalue weighted by molar-refractivity contribution is -0.144. The normalized spacial score (nSPS) is 15.1. The lowest BCUT2D eigenvalue weighted by Crippen LogP contribution is -2.22. The van der Waals surface area contributed by atoms with Gasteiger partial charge >= 0.3 is 5.97 Å². The Morgan fingerprint density at radius 3 is 2.36 bits per heavy atom. The molecule has 0 spiro atoms. The third-order valence-corrected chi connectivity index (χ3v) is 2.50. The highest BCUT2D eigenvalue weighted by atomic mass is 19.1. The Balaban J connectivity index is 3.43. The molecule has 0 aromatic heterocycles. The fourth-order valence-electron chi connectivity index (χ4n) is 1.46. The van der Waals surface area contributed by atoms with Crippen LogP contribution < -0.4 is 0 Å². The van der Waals surface area contributed by atoms with Crippen molar-refractivity contribution in [2.45, 2.75) is 58.5 Å². The first-order valence-corrected chi connectivity index (χ1v) is 5.46. The molecule has 0 amide bonds. The molecule has 0 aromatic carbocycles. The highest BCUT2D eigenvalue weighted by Gasteiger charge is 2.22. The van der Waals surface area contributed by atoms with E-state index in [2.05, 4.69) is 6.92 Å². The Labute approximate surface area is 85.5 Å². The molecule has 84 valence electrons. The summed E-state index contributed by atoms with van der Waals surface area (Å²) in [5.74, 6) is -1.68. The van der Waals surface area contributed by atoms with Crippen molar-refractivity contribution in [3.63, 3.8) is 0 Å². The smallest absolute Gasteiger partial charge is 0.338 e. The largest absolute Gasteiger partial charge is 0.479 e. The van der Waals surface area contributed by atoms with Crippen LogP contribution in [0.5, 0.6) is 0 Å². The molecule has 0 rings (SSSR count). The zero-order chi connectivity index (χ0) is 11.0. The van der Waals surface area contributed by atoms with Gasteiger partial charge in [0.05, 0.1) is 0 Å². The summed E-state index contributed by atoms with van der Waals surface area (Å²) in [5.41, 5.74) is 0. The number of halogens is 1. The van der Waals surface area contributed by atoms with Gasteiger partial charge in [0.2, 0.25) is 0 Å². The van der Waals surface area contributed by atoms with E-state index in [0.717, 1.165) is 12.8 Å². The molecular weight excluding hydrogens is 183 g/mol. The van der Waals surface area contributed by atoms with Crippen molar-refractivity contribution in [1.29, 1.82) is 0 Å². The summed E-state index contributed by atoms with van der Waals surface area (Å²) in [6, 6.07) is 0. The Bertz CT molecular complexity index is 159. The topological polar surface area (TPSA) is 37.3 Å². The quantitative estimate of drug-likeness (QED) is 0.615. The van der Waals surface area contributed by atoms with Crippen molar-refractivity contribution < 1.29 is 14.3 Å². The molecule has 0 aromatic rings. The van der Waals surface area contributed by atoms with Crippen molar-refractivity contribution in [2.24, 2.45) is 5.92 Å². The number of carboxylic acid groups (broad SMARTS) is 1. The number of unbranched alkanes of at least 4 members (excludes halogenated alkanes) is 4. The summed E-state index contributed by atoms with van der Waals surface area (Å²) in [7, 11) is 0. The lowest BCUT2D eigenvalue weighted by Gasteiger charge is -2.12. The van der Waals surface area contributed by atoms with Gasteiger partial charge < -0.3 is 5.11 Å². The van der Waals surface area contributed by atoms with Crippen LogP contribution in [0.25, 0.3) is 0 Å². The molecule has 0 fully saturated rings. The summed E-state index contributed by atoms with van der Waals surface area (Å²) in [5, 5.41) is 8.42. The van der Waals surface area contributed by atoms with Crippen LogP contribution in [-0.4, -0.2) is 17.2 Å². The number of aliphatic carboxylic acids is 1. The number of alkyl halides is 1. The second kappa shape index (κ2) is 7.77. The second-order valence-corrected chi connectivity index (χ2v) is 3.92. The average Bonchev–Trinajstić information content (AvgIpc) is 2.16. The third kappa shape index (κ3) is 5.95. The Hall–Kier alpha value is -0.600. The first-order valence-electron chi connectivity index (χ1n) is 5.46. The number of carbonyl (C=O) groups is 1. The Morgan fingerprint density at radius 1 is 1.29 bits per heavy atom. The summed E-state index contributed by atoms with van der Waals surface area (Å²) in [6.07, 6.45) is 4.59. The molecule has 0 saturated heterocycles. The zero-order valence-electron chi connectivity index (χ0n) is 9.13. The standard InChI is InChI=1S/C11H21FO2/c1-3-4-5-6-7-8-9(2)10(12)11(13)14/h9-10H,3-8H2,1-2H3,(H,13,14). The molecule has 1 N–H and O–H groups in total. The van der Waals surface area contributed by atoms with E-state index < -0.39 is 12.1 Å². The first kappa shape index (κ1) is 13.4. The van der Waals surface area contributed by atoms with E-state index in [1.807, 2.05) is 0 Å². The van der Waals surface area contributed by atoms with E-state index in [0.29, 0.717) is 6.42 Å². The van der Waals surface area contributed by atoms with Crippen LogP contribution in [-0.2, 0) is 4.79 Å². The minimum atomic E-state index is -1.69. The predicted molar refractivity (Wildman–Crippen MR) is 55.1 cm³/mol. The highest BCUT2D eigenvalue weighted by molar-refractivity contribution is 5.72. The van der Waals surface area contributed by atoms with Crippen molar-refractivity contribution in [3.8, 4) is 0 Å². The molecule has 0 aliphatic carbocycles. The van der Waals surface area contributed by atoms with E-state index in [1.165, 1.54) is 19.3 Å². The molecule has 2 atom stereocenters. The number of hydrogen-bond donors (Lipinski definition) is 1.